The number of nitro benzene ring substituents is 1. The molecule has 1 heterocycles. The maximum atomic E-state index is 11.4. The highest BCUT2D eigenvalue weighted by Gasteiger charge is 2.21. The van der Waals surface area contributed by atoms with E-state index in [2.05, 4.69) is 15.3 Å². The number of rotatable bonds is 8. The lowest BCUT2D eigenvalue weighted by Gasteiger charge is -2.09. The number of methoxy groups -OCH3 is 2. The van der Waals surface area contributed by atoms with Crippen LogP contribution >= 0.6 is 11.8 Å². The number of hydrogen-bond acceptors (Lipinski definition) is 8. The normalized spacial score (nSPS) is 11.0. The summed E-state index contributed by atoms with van der Waals surface area (Å²) in [6.45, 7) is 0. The summed E-state index contributed by atoms with van der Waals surface area (Å²) >= 11 is 1.41. The fourth-order valence-electron chi connectivity index (χ4n) is 2.73. The molecule has 0 aliphatic heterocycles. The van der Waals surface area contributed by atoms with Gasteiger partial charge in [-0.15, -0.1) is 10.2 Å². The zero-order valence-corrected chi connectivity index (χ0v) is 16.9. The van der Waals surface area contributed by atoms with Crippen LogP contribution in [0, 0.1) is 10.1 Å². The molecule has 0 bridgehead atoms. The minimum atomic E-state index is -0.522. The lowest BCUT2D eigenvalue weighted by atomic mass is 10.1. The van der Waals surface area contributed by atoms with Crippen molar-refractivity contribution < 1.29 is 14.4 Å². The maximum absolute atomic E-state index is 11.4. The molecule has 3 rings (SSSR count). The molecule has 0 fully saturated rings. The quantitative estimate of drug-likeness (QED) is 0.241. The number of thioether (sulfide) groups is 1. The fourth-order valence-corrected chi connectivity index (χ4v) is 3.18. The zero-order chi connectivity index (χ0) is 20.8. The number of nitrogens with zero attached hydrogens (tertiary/aromatic N) is 5. The molecular weight excluding hydrogens is 394 g/mol. The van der Waals surface area contributed by atoms with Crippen molar-refractivity contribution in [3.05, 3.63) is 69.5 Å². The monoisotopic (exact) mass is 413 g/mol. The predicted octanol–water partition coefficient (Wildman–Crippen LogP) is 3.40. The van der Waals surface area contributed by atoms with Crippen molar-refractivity contribution in [3.63, 3.8) is 0 Å². The Bertz CT molecular complexity index is 1040. The fraction of sp³-hybridized carbons (Fsp3) is 0.211. The van der Waals surface area contributed by atoms with Gasteiger partial charge in [-0.3, -0.25) is 10.1 Å². The Morgan fingerprint density at radius 3 is 2.59 bits per heavy atom. The highest BCUT2D eigenvalue weighted by atomic mass is 32.2. The number of hydrogen-bond donors (Lipinski definition) is 0. The van der Waals surface area contributed by atoms with Crippen LogP contribution in [0.25, 0.3) is 0 Å². The SMILES string of the molecule is COc1cc(/C=N\n2c(Cc3ccccc3)nnc2SC)cc([N+](=O)[O-])c1OC. The second-order valence-corrected chi connectivity index (χ2v) is 6.63. The van der Waals surface area contributed by atoms with Gasteiger partial charge in [-0.05, 0) is 17.9 Å². The Morgan fingerprint density at radius 1 is 1.21 bits per heavy atom. The molecule has 150 valence electrons. The summed E-state index contributed by atoms with van der Waals surface area (Å²) in [6.07, 6.45) is 3.94. The summed E-state index contributed by atoms with van der Waals surface area (Å²) in [4.78, 5) is 10.9. The van der Waals surface area contributed by atoms with Crippen LogP contribution in [0.5, 0.6) is 11.5 Å². The third-order valence-electron chi connectivity index (χ3n) is 4.06. The summed E-state index contributed by atoms with van der Waals surface area (Å²) in [5.74, 6) is 0.974. The molecule has 2 aromatic carbocycles. The molecule has 0 unspecified atom stereocenters. The molecule has 0 spiro atoms. The van der Waals surface area contributed by atoms with Crippen LogP contribution in [-0.4, -0.2) is 46.5 Å². The number of nitro groups is 1. The molecule has 0 aliphatic carbocycles. The van der Waals surface area contributed by atoms with Crippen molar-refractivity contribution >= 4 is 23.7 Å². The lowest BCUT2D eigenvalue weighted by molar-refractivity contribution is -0.385. The van der Waals surface area contributed by atoms with Gasteiger partial charge in [0.2, 0.25) is 10.9 Å². The molecule has 0 radical (unpaired) electrons. The van der Waals surface area contributed by atoms with Gasteiger partial charge in [-0.2, -0.15) is 9.78 Å². The van der Waals surface area contributed by atoms with Crippen LogP contribution in [0.1, 0.15) is 17.0 Å². The Kier molecular flexibility index (Phi) is 6.45. The van der Waals surface area contributed by atoms with Crippen molar-refractivity contribution in [1.82, 2.24) is 14.9 Å². The molecule has 0 aliphatic rings. The number of benzene rings is 2. The van der Waals surface area contributed by atoms with E-state index < -0.39 is 4.92 Å². The largest absolute Gasteiger partial charge is 0.493 e. The van der Waals surface area contributed by atoms with Crippen LogP contribution in [0.3, 0.4) is 0 Å². The Hall–Kier alpha value is -3.40. The Morgan fingerprint density at radius 2 is 1.97 bits per heavy atom. The summed E-state index contributed by atoms with van der Waals surface area (Å²) in [5.41, 5.74) is 1.36. The third kappa shape index (κ3) is 4.54. The first kappa shape index (κ1) is 20.3. The van der Waals surface area contributed by atoms with Crippen LogP contribution in [-0.2, 0) is 6.42 Å². The van der Waals surface area contributed by atoms with E-state index in [1.165, 1.54) is 38.3 Å². The molecule has 3 aromatic rings. The summed E-state index contributed by atoms with van der Waals surface area (Å²) in [7, 11) is 2.78. The van der Waals surface area contributed by atoms with E-state index in [1.54, 1.807) is 10.7 Å². The maximum Gasteiger partial charge on any atom is 0.315 e. The van der Waals surface area contributed by atoms with Crippen LogP contribution in [0.4, 0.5) is 5.69 Å². The molecular formula is C19H19N5O4S. The van der Waals surface area contributed by atoms with E-state index in [4.69, 9.17) is 9.47 Å². The Balaban J connectivity index is 1.98. The number of aromatic nitrogens is 3. The van der Waals surface area contributed by atoms with Gasteiger partial charge in [0.05, 0.1) is 25.4 Å². The van der Waals surface area contributed by atoms with E-state index >= 15 is 0 Å². The van der Waals surface area contributed by atoms with Crippen molar-refractivity contribution in [2.75, 3.05) is 20.5 Å². The van der Waals surface area contributed by atoms with E-state index in [0.29, 0.717) is 23.0 Å². The summed E-state index contributed by atoms with van der Waals surface area (Å²) < 4.78 is 12.0. The molecule has 29 heavy (non-hydrogen) atoms. The first-order chi connectivity index (χ1) is 14.1. The number of ether oxygens (including phenoxy) is 2. The van der Waals surface area contributed by atoms with Crippen molar-refractivity contribution in [2.45, 2.75) is 11.6 Å². The molecule has 0 N–H and O–H groups in total. The minimum Gasteiger partial charge on any atom is -0.493 e. The van der Waals surface area contributed by atoms with Gasteiger partial charge in [0, 0.05) is 18.1 Å². The van der Waals surface area contributed by atoms with E-state index in [0.717, 1.165) is 5.56 Å². The molecule has 0 saturated heterocycles. The second-order valence-electron chi connectivity index (χ2n) is 5.85. The second kappa shape index (κ2) is 9.20. The van der Waals surface area contributed by atoms with Crippen LogP contribution in [0.15, 0.2) is 52.7 Å². The topological polar surface area (TPSA) is 105 Å². The van der Waals surface area contributed by atoms with Gasteiger partial charge in [-0.1, -0.05) is 42.1 Å². The average Bonchev–Trinajstić information content (AvgIpc) is 3.13. The van der Waals surface area contributed by atoms with Crippen molar-refractivity contribution in [1.29, 1.82) is 0 Å². The minimum absolute atomic E-state index is 0.0634. The van der Waals surface area contributed by atoms with Gasteiger partial charge in [-0.25, -0.2) is 0 Å². The van der Waals surface area contributed by atoms with Crippen LogP contribution in [0.2, 0.25) is 0 Å². The first-order valence-electron chi connectivity index (χ1n) is 8.54. The standard InChI is InChI=1S/C19H19N5O4S/c1-27-16-10-14(9-15(24(25)26)18(16)28-2)12-20-23-17(21-22-19(23)29-3)11-13-7-5-4-6-8-13/h4-10,12H,11H2,1-3H3/b20-12-. The van der Waals surface area contributed by atoms with E-state index in [-0.39, 0.29) is 17.2 Å². The highest BCUT2D eigenvalue weighted by Crippen LogP contribution is 2.37. The molecule has 0 saturated carbocycles. The lowest BCUT2D eigenvalue weighted by Crippen LogP contribution is -2.02. The predicted molar refractivity (Wildman–Crippen MR) is 110 cm³/mol. The smallest absolute Gasteiger partial charge is 0.315 e. The highest BCUT2D eigenvalue weighted by molar-refractivity contribution is 7.98. The van der Waals surface area contributed by atoms with Gasteiger partial charge in [0.25, 0.3) is 0 Å². The van der Waals surface area contributed by atoms with Crippen molar-refractivity contribution in [2.24, 2.45) is 5.10 Å². The van der Waals surface area contributed by atoms with Crippen LogP contribution < -0.4 is 9.47 Å². The summed E-state index contributed by atoms with van der Waals surface area (Å²) in [6, 6.07) is 12.9. The van der Waals surface area contributed by atoms with E-state index in [9.17, 15) is 10.1 Å². The third-order valence-corrected chi connectivity index (χ3v) is 4.68. The summed E-state index contributed by atoms with van der Waals surface area (Å²) in [5, 5.41) is 24.8. The molecule has 9 nitrogen and oxygen atoms in total. The van der Waals surface area contributed by atoms with Gasteiger partial charge < -0.3 is 9.47 Å². The molecule has 10 heteroatoms. The Labute approximate surface area is 171 Å². The average molecular weight is 413 g/mol. The molecule has 0 atom stereocenters. The van der Waals surface area contributed by atoms with Gasteiger partial charge in [0.1, 0.15) is 0 Å². The van der Waals surface area contributed by atoms with E-state index in [1.807, 2.05) is 36.6 Å². The zero-order valence-electron chi connectivity index (χ0n) is 16.1. The van der Waals surface area contributed by atoms with Gasteiger partial charge in [0.15, 0.2) is 11.6 Å². The molecule has 1 aromatic heterocycles. The van der Waals surface area contributed by atoms with Crippen molar-refractivity contribution in [3.8, 4) is 11.5 Å². The van der Waals surface area contributed by atoms with Gasteiger partial charge >= 0.3 is 5.69 Å². The molecule has 0 amide bonds. The first-order valence-corrected chi connectivity index (χ1v) is 9.76.